The number of carboxylic acids is 1. The van der Waals surface area contributed by atoms with Gasteiger partial charge in [0.2, 0.25) is 9.84 Å². The number of nitrogens with zero attached hydrogens (tertiary/aromatic N) is 1. The van der Waals surface area contributed by atoms with Gasteiger partial charge in [-0.1, -0.05) is 0 Å². The maximum absolute atomic E-state index is 11.9. The molecule has 0 unspecified atom stereocenters. The Kier molecular flexibility index (Phi) is 2.64. The Hall–Kier alpha value is -1.47. The normalized spacial score (nSPS) is 16.8. The van der Waals surface area contributed by atoms with E-state index in [0.717, 1.165) is 0 Å². The third-order valence-electron chi connectivity index (χ3n) is 2.32. The number of carboxylic acid groups (broad SMARTS) is 1. The van der Waals surface area contributed by atoms with E-state index in [-0.39, 0.29) is 23.8 Å². The van der Waals surface area contributed by atoms with Gasteiger partial charge < -0.3 is 9.84 Å². The van der Waals surface area contributed by atoms with Gasteiger partial charge in [-0.3, -0.25) is 0 Å². The monoisotopic (exact) mass is 243 g/mol. The number of rotatable bonds is 3. The number of sulfone groups is 1. The summed E-state index contributed by atoms with van der Waals surface area (Å²) in [5.41, 5.74) is -0.297. The molecule has 1 aliphatic heterocycles. The Morgan fingerprint density at radius 2 is 2.19 bits per heavy atom. The minimum atomic E-state index is -3.69. The Morgan fingerprint density at radius 3 is 2.69 bits per heavy atom. The summed E-state index contributed by atoms with van der Waals surface area (Å²) in [7, 11) is -3.69. The number of aromatic nitrogens is 1. The van der Waals surface area contributed by atoms with Crippen LogP contribution in [0, 0.1) is 0 Å². The number of pyridine rings is 1. The van der Waals surface area contributed by atoms with Crippen LogP contribution in [-0.2, 0) is 14.6 Å². The van der Waals surface area contributed by atoms with Crippen LogP contribution in [0.1, 0.15) is 10.4 Å². The Morgan fingerprint density at radius 1 is 1.50 bits per heavy atom. The second kappa shape index (κ2) is 3.84. The maximum atomic E-state index is 11.9. The molecular formula is C9H9NO5S. The zero-order valence-corrected chi connectivity index (χ0v) is 8.98. The summed E-state index contributed by atoms with van der Waals surface area (Å²) in [5, 5.41) is 7.81. The predicted molar refractivity (Wildman–Crippen MR) is 53.0 cm³/mol. The fraction of sp³-hybridized carbons (Fsp3) is 0.333. The lowest BCUT2D eigenvalue weighted by atomic mass is 10.3. The highest BCUT2D eigenvalue weighted by Gasteiger charge is 2.37. The van der Waals surface area contributed by atoms with Gasteiger partial charge in [0, 0.05) is 6.20 Å². The van der Waals surface area contributed by atoms with E-state index in [1.807, 2.05) is 0 Å². The number of hydrogen-bond acceptors (Lipinski definition) is 5. The highest BCUT2D eigenvalue weighted by molar-refractivity contribution is 7.92. The van der Waals surface area contributed by atoms with Crippen molar-refractivity contribution in [2.45, 2.75) is 10.3 Å². The third-order valence-corrected chi connectivity index (χ3v) is 4.33. The van der Waals surface area contributed by atoms with Gasteiger partial charge in [-0.15, -0.1) is 0 Å². The van der Waals surface area contributed by atoms with Crippen LogP contribution >= 0.6 is 0 Å². The Bertz CT molecular complexity index is 520. The molecule has 1 N–H and O–H groups in total. The molecule has 0 amide bonds. The van der Waals surface area contributed by atoms with Gasteiger partial charge in [0.15, 0.2) is 5.03 Å². The van der Waals surface area contributed by atoms with Crippen LogP contribution in [0.25, 0.3) is 0 Å². The average Bonchev–Trinajstić information content (AvgIpc) is 2.14. The van der Waals surface area contributed by atoms with Crippen molar-refractivity contribution in [2.24, 2.45) is 0 Å². The van der Waals surface area contributed by atoms with Crippen molar-refractivity contribution in [1.29, 1.82) is 0 Å². The number of hydrogen-bond donors (Lipinski definition) is 1. The van der Waals surface area contributed by atoms with E-state index in [0.29, 0.717) is 0 Å². The van der Waals surface area contributed by atoms with E-state index in [2.05, 4.69) is 4.98 Å². The van der Waals surface area contributed by atoms with Crippen LogP contribution < -0.4 is 0 Å². The summed E-state index contributed by atoms with van der Waals surface area (Å²) < 4.78 is 28.7. The molecule has 2 rings (SSSR count). The lowest BCUT2D eigenvalue weighted by molar-refractivity contribution is 0.0414. The number of carbonyl (C=O) groups is 1. The summed E-state index contributed by atoms with van der Waals surface area (Å²) in [4.78, 5) is 14.5. The first-order valence-electron chi connectivity index (χ1n) is 4.53. The average molecular weight is 243 g/mol. The van der Waals surface area contributed by atoms with E-state index in [1.54, 1.807) is 0 Å². The molecule has 7 heteroatoms. The molecule has 1 aliphatic rings. The van der Waals surface area contributed by atoms with Crippen molar-refractivity contribution in [3.8, 4) is 0 Å². The van der Waals surface area contributed by atoms with Gasteiger partial charge in [-0.05, 0) is 12.1 Å². The van der Waals surface area contributed by atoms with Crippen LogP contribution in [0.4, 0.5) is 0 Å². The summed E-state index contributed by atoms with van der Waals surface area (Å²) >= 11 is 0. The molecule has 86 valence electrons. The zero-order chi connectivity index (χ0) is 11.8. The second-order valence-corrected chi connectivity index (χ2v) is 5.51. The van der Waals surface area contributed by atoms with Crippen LogP contribution in [-0.4, -0.2) is 42.9 Å². The molecule has 0 bridgehead atoms. The van der Waals surface area contributed by atoms with E-state index < -0.39 is 21.1 Å². The molecule has 1 saturated heterocycles. The fourth-order valence-corrected chi connectivity index (χ4v) is 2.87. The van der Waals surface area contributed by atoms with Gasteiger partial charge in [-0.25, -0.2) is 18.2 Å². The quantitative estimate of drug-likeness (QED) is 0.800. The fourth-order valence-electron chi connectivity index (χ4n) is 1.33. The first kappa shape index (κ1) is 11.0. The zero-order valence-electron chi connectivity index (χ0n) is 8.16. The smallest absolute Gasteiger partial charge is 0.338 e. The molecule has 0 saturated carbocycles. The minimum absolute atomic E-state index is 0.0952. The van der Waals surface area contributed by atoms with Crippen molar-refractivity contribution in [2.75, 3.05) is 13.2 Å². The van der Waals surface area contributed by atoms with Gasteiger partial charge in [0.05, 0.1) is 18.8 Å². The lowest BCUT2D eigenvalue weighted by Gasteiger charge is -2.25. The van der Waals surface area contributed by atoms with Gasteiger partial charge in [0.1, 0.15) is 5.25 Å². The number of ether oxygens (including phenoxy) is 1. The summed E-state index contributed by atoms with van der Waals surface area (Å²) in [6.07, 6.45) is 1.26. The molecular weight excluding hydrogens is 234 g/mol. The molecule has 1 aromatic rings. The molecule has 1 aromatic heterocycles. The summed E-state index contributed by atoms with van der Waals surface area (Å²) in [6.45, 7) is 0.190. The first-order valence-corrected chi connectivity index (χ1v) is 6.08. The van der Waals surface area contributed by atoms with Gasteiger partial charge in [0.25, 0.3) is 0 Å². The molecule has 0 spiro atoms. The van der Waals surface area contributed by atoms with E-state index in [9.17, 15) is 13.2 Å². The van der Waals surface area contributed by atoms with Crippen LogP contribution in [0.3, 0.4) is 0 Å². The lowest BCUT2D eigenvalue weighted by Crippen LogP contribution is -2.41. The van der Waals surface area contributed by atoms with Crippen molar-refractivity contribution in [1.82, 2.24) is 4.98 Å². The molecule has 0 aromatic carbocycles. The van der Waals surface area contributed by atoms with Crippen molar-refractivity contribution in [3.05, 3.63) is 23.9 Å². The van der Waals surface area contributed by atoms with E-state index in [1.165, 1.54) is 18.3 Å². The molecule has 0 radical (unpaired) electrons. The molecule has 16 heavy (non-hydrogen) atoms. The highest BCUT2D eigenvalue weighted by Crippen LogP contribution is 2.22. The topological polar surface area (TPSA) is 93.6 Å². The standard InChI is InChI=1S/C9H9NO5S/c11-9(12)7-2-1-3-10-8(7)16(13,14)6-4-15-5-6/h1-3,6H,4-5H2,(H,11,12). The largest absolute Gasteiger partial charge is 0.478 e. The third kappa shape index (κ3) is 1.68. The van der Waals surface area contributed by atoms with Crippen LogP contribution in [0.2, 0.25) is 0 Å². The molecule has 0 aliphatic carbocycles. The number of aromatic carboxylic acids is 1. The molecule has 6 nitrogen and oxygen atoms in total. The van der Waals surface area contributed by atoms with Gasteiger partial charge in [-0.2, -0.15) is 0 Å². The van der Waals surface area contributed by atoms with Crippen LogP contribution in [0.15, 0.2) is 23.4 Å². The Balaban J connectivity index is 2.51. The maximum Gasteiger partial charge on any atom is 0.338 e. The predicted octanol–water partition coefficient (Wildman–Crippen LogP) is -0.0477. The Labute approximate surface area is 91.8 Å². The van der Waals surface area contributed by atoms with Crippen molar-refractivity contribution >= 4 is 15.8 Å². The SMILES string of the molecule is O=C(O)c1cccnc1S(=O)(=O)C1COC1. The molecule has 2 heterocycles. The minimum Gasteiger partial charge on any atom is -0.478 e. The molecule has 1 fully saturated rings. The highest BCUT2D eigenvalue weighted by atomic mass is 32.2. The summed E-state index contributed by atoms with van der Waals surface area (Å²) in [5.74, 6) is -1.30. The molecule has 0 atom stereocenters. The van der Waals surface area contributed by atoms with Crippen molar-refractivity contribution in [3.63, 3.8) is 0 Å². The van der Waals surface area contributed by atoms with Crippen molar-refractivity contribution < 1.29 is 23.1 Å². The second-order valence-electron chi connectivity index (χ2n) is 3.37. The summed E-state index contributed by atoms with van der Waals surface area (Å²) in [6, 6.07) is 2.61. The van der Waals surface area contributed by atoms with Crippen LogP contribution in [0.5, 0.6) is 0 Å². The van der Waals surface area contributed by atoms with E-state index in [4.69, 9.17) is 9.84 Å². The first-order chi connectivity index (χ1) is 7.53. The van der Waals surface area contributed by atoms with E-state index >= 15 is 0 Å². The van der Waals surface area contributed by atoms with Gasteiger partial charge >= 0.3 is 5.97 Å².